The number of hydrogen-bond acceptors (Lipinski definition) is 8. The van der Waals surface area contributed by atoms with Crippen LogP contribution in [0.5, 0.6) is 5.75 Å². The van der Waals surface area contributed by atoms with E-state index in [0.29, 0.717) is 24.7 Å². The number of hydrogen-bond donors (Lipinski definition) is 2. The average molecular weight is 529 g/mol. The first-order chi connectivity index (χ1) is 18.4. The number of aromatic amines is 1. The Bertz CT molecular complexity index is 1130. The minimum absolute atomic E-state index is 0.124. The number of nitrogens with two attached hydrogens (primary N) is 1. The van der Waals surface area contributed by atoms with Gasteiger partial charge >= 0.3 is 11.7 Å². The highest BCUT2D eigenvalue weighted by atomic mass is 16.5. The van der Waals surface area contributed by atoms with Crippen LogP contribution in [0.1, 0.15) is 50.3 Å². The molecule has 1 fully saturated rings. The Labute approximate surface area is 223 Å². The SMILES string of the molecule is C=Nc1c(/C(N)=N\COCCCC)[nH]c(=O)n1CCCN1CCC(Oc2cccc(CC(=O)OC)c2)CC1. The van der Waals surface area contributed by atoms with Crippen molar-refractivity contribution in [2.45, 2.75) is 58.1 Å². The summed E-state index contributed by atoms with van der Waals surface area (Å²) in [7, 11) is 1.39. The first-order valence-corrected chi connectivity index (χ1v) is 13.2. The maximum Gasteiger partial charge on any atom is 0.327 e. The van der Waals surface area contributed by atoms with Crippen molar-refractivity contribution < 1.29 is 19.0 Å². The van der Waals surface area contributed by atoms with E-state index in [9.17, 15) is 9.59 Å². The fraction of sp³-hybridized carbons (Fsp3) is 0.556. The highest BCUT2D eigenvalue weighted by molar-refractivity contribution is 5.99. The summed E-state index contributed by atoms with van der Waals surface area (Å²) >= 11 is 0. The number of benzene rings is 1. The van der Waals surface area contributed by atoms with Crippen LogP contribution in [0.15, 0.2) is 39.0 Å². The minimum atomic E-state index is -0.283. The van der Waals surface area contributed by atoms with E-state index < -0.39 is 0 Å². The maximum atomic E-state index is 12.6. The molecule has 0 amide bonds. The predicted octanol–water partition coefficient (Wildman–Crippen LogP) is 2.64. The average Bonchev–Trinajstić information content (AvgIpc) is 3.24. The third-order valence-electron chi connectivity index (χ3n) is 6.50. The first-order valence-electron chi connectivity index (χ1n) is 13.2. The van der Waals surface area contributed by atoms with Gasteiger partial charge in [0, 0.05) is 26.2 Å². The zero-order valence-electron chi connectivity index (χ0n) is 22.5. The molecule has 0 bridgehead atoms. The van der Waals surface area contributed by atoms with Gasteiger partial charge in [-0.3, -0.25) is 9.36 Å². The second-order valence-corrected chi connectivity index (χ2v) is 9.29. The fourth-order valence-corrected chi connectivity index (χ4v) is 4.38. The number of ether oxygens (including phenoxy) is 3. The van der Waals surface area contributed by atoms with Crippen LogP contribution < -0.4 is 16.2 Å². The lowest BCUT2D eigenvalue weighted by atomic mass is 10.1. The Morgan fingerprint density at radius 3 is 2.74 bits per heavy atom. The summed E-state index contributed by atoms with van der Waals surface area (Å²) in [4.78, 5) is 37.5. The van der Waals surface area contributed by atoms with Gasteiger partial charge in [0.1, 0.15) is 30.1 Å². The molecule has 3 rings (SSSR count). The Balaban J connectivity index is 1.46. The summed E-state index contributed by atoms with van der Waals surface area (Å²) in [6, 6.07) is 7.60. The summed E-state index contributed by atoms with van der Waals surface area (Å²) < 4.78 is 17.9. The fourth-order valence-electron chi connectivity index (χ4n) is 4.38. The summed E-state index contributed by atoms with van der Waals surface area (Å²) in [5.74, 6) is 1.07. The standard InChI is InChI=1S/C27H40N6O5/c1-4-5-16-37-19-30-25(28)24-26(29-2)33(27(35)31-24)13-7-12-32-14-10-21(11-15-32)38-22-9-6-8-20(17-22)18-23(34)36-3/h6,8-9,17,21H,2,4-5,7,10-16,18-19H2,1,3H3,(H2,28,30)(H,31,35). The molecule has 0 unspecified atom stereocenters. The largest absolute Gasteiger partial charge is 0.490 e. The van der Waals surface area contributed by atoms with Gasteiger partial charge < -0.3 is 29.8 Å². The number of aliphatic imine (C=N–C) groups is 2. The van der Waals surface area contributed by atoms with E-state index in [-0.39, 0.29) is 36.8 Å². The normalized spacial score (nSPS) is 14.9. The van der Waals surface area contributed by atoms with E-state index in [4.69, 9.17) is 19.9 Å². The van der Waals surface area contributed by atoms with Gasteiger partial charge in [0.05, 0.1) is 13.5 Å². The number of carbonyl (C=O) groups excluding carboxylic acids is 1. The number of nitrogens with one attached hydrogen (secondary N) is 1. The van der Waals surface area contributed by atoms with Crippen molar-refractivity contribution in [3.63, 3.8) is 0 Å². The molecular formula is C27H40N6O5. The molecule has 1 saturated heterocycles. The van der Waals surface area contributed by atoms with Crippen molar-refractivity contribution in [1.82, 2.24) is 14.5 Å². The van der Waals surface area contributed by atoms with Crippen LogP contribution in [0.25, 0.3) is 0 Å². The highest BCUT2D eigenvalue weighted by Crippen LogP contribution is 2.21. The number of amidine groups is 1. The third-order valence-corrected chi connectivity index (χ3v) is 6.50. The number of piperidine rings is 1. The van der Waals surface area contributed by atoms with Crippen LogP contribution >= 0.6 is 0 Å². The van der Waals surface area contributed by atoms with Gasteiger partial charge in [-0.2, -0.15) is 0 Å². The molecule has 1 aliphatic heterocycles. The molecule has 0 saturated carbocycles. The molecule has 0 radical (unpaired) electrons. The second-order valence-electron chi connectivity index (χ2n) is 9.29. The first kappa shape index (κ1) is 29.1. The molecule has 0 aliphatic carbocycles. The lowest BCUT2D eigenvalue weighted by Crippen LogP contribution is -2.39. The van der Waals surface area contributed by atoms with Gasteiger partial charge in [0.25, 0.3) is 0 Å². The number of H-pyrrole nitrogens is 1. The number of nitrogens with zero attached hydrogens (tertiary/aromatic N) is 4. The molecule has 1 aromatic carbocycles. The molecule has 0 atom stereocenters. The van der Waals surface area contributed by atoms with Gasteiger partial charge in [-0.05, 0) is 56.6 Å². The summed E-state index contributed by atoms with van der Waals surface area (Å²) in [6.45, 7) is 9.61. The van der Waals surface area contributed by atoms with E-state index in [1.54, 1.807) is 4.57 Å². The van der Waals surface area contributed by atoms with Crippen LogP contribution in [0.4, 0.5) is 5.82 Å². The Morgan fingerprint density at radius 1 is 1.24 bits per heavy atom. The predicted molar refractivity (Wildman–Crippen MR) is 148 cm³/mol. The molecule has 0 spiro atoms. The summed E-state index contributed by atoms with van der Waals surface area (Å²) in [5.41, 5.74) is 7.04. The van der Waals surface area contributed by atoms with Gasteiger partial charge in [0.2, 0.25) is 0 Å². The number of unbranched alkanes of at least 4 members (excludes halogenated alkanes) is 1. The van der Waals surface area contributed by atoms with E-state index in [1.165, 1.54) is 7.11 Å². The zero-order chi connectivity index (χ0) is 27.3. The molecule has 38 heavy (non-hydrogen) atoms. The van der Waals surface area contributed by atoms with Gasteiger partial charge in [-0.1, -0.05) is 25.5 Å². The summed E-state index contributed by atoms with van der Waals surface area (Å²) in [5, 5.41) is 0. The lowest BCUT2D eigenvalue weighted by molar-refractivity contribution is -0.139. The Kier molecular flexibility index (Phi) is 11.6. The van der Waals surface area contributed by atoms with Gasteiger partial charge in [-0.25, -0.2) is 14.8 Å². The zero-order valence-corrected chi connectivity index (χ0v) is 22.5. The van der Waals surface area contributed by atoms with Crippen molar-refractivity contribution in [3.05, 3.63) is 46.0 Å². The number of likely N-dealkylation sites (tertiary alicyclic amines) is 1. The molecule has 2 heterocycles. The minimum Gasteiger partial charge on any atom is -0.490 e. The molecule has 1 aromatic heterocycles. The number of aromatic nitrogens is 2. The number of esters is 1. The van der Waals surface area contributed by atoms with Crippen molar-refractivity contribution in [1.29, 1.82) is 0 Å². The van der Waals surface area contributed by atoms with Crippen LogP contribution in [0.2, 0.25) is 0 Å². The quantitative estimate of drug-likeness (QED) is 0.157. The second kappa shape index (κ2) is 15.1. The molecule has 11 nitrogen and oxygen atoms in total. The number of methoxy groups -OCH3 is 1. The van der Waals surface area contributed by atoms with E-state index in [0.717, 1.165) is 63.1 Å². The van der Waals surface area contributed by atoms with E-state index in [1.807, 2.05) is 24.3 Å². The van der Waals surface area contributed by atoms with Crippen LogP contribution in [0, 0.1) is 0 Å². The molecule has 2 aromatic rings. The number of imidazole rings is 1. The van der Waals surface area contributed by atoms with Crippen LogP contribution in [-0.2, 0) is 27.2 Å². The van der Waals surface area contributed by atoms with Crippen molar-refractivity contribution in [2.75, 3.05) is 40.1 Å². The molecule has 208 valence electrons. The summed E-state index contributed by atoms with van der Waals surface area (Å²) in [6.07, 6.45) is 4.94. The van der Waals surface area contributed by atoms with Crippen molar-refractivity contribution in [3.8, 4) is 5.75 Å². The van der Waals surface area contributed by atoms with Gasteiger partial charge in [-0.15, -0.1) is 0 Å². The molecule has 1 aliphatic rings. The third kappa shape index (κ3) is 8.56. The smallest absolute Gasteiger partial charge is 0.327 e. The van der Waals surface area contributed by atoms with Gasteiger partial charge in [0.15, 0.2) is 5.82 Å². The Morgan fingerprint density at radius 2 is 2.03 bits per heavy atom. The lowest BCUT2D eigenvalue weighted by Gasteiger charge is -2.32. The molecule has 3 N–H and O–H groups in total. The monoisotopic (exact) mass is 528 g/mol. The van der Waals surface area contributed by atoms with Crippen molar-refractivity contribution in [2.24, 2.45) is 15.7 Å². The number of rotatable bonds is 15. The Hall–Kier alpha value is -3.44. The van der Waals surface area contributed by atoms with E-state index >= 15 is 0 Å². The maximum absolute atomic E-state index is 12.6. The van der Waals surface area contributed by atoms with E-state index in [2.05, 4.69) is 33.5 Å². The van der Waals surface area contributed by atoms with Crippen molar-refractivity contribution >= 4 is 24.3 Å². The molecular weight excluding hydrogens is 488 g/mol. The topological polar surface area (TPSA) is 137 Å². The van der Waals surface area contributed by atoms with Crippen LogP contribution in [-0.4, -0.2) is 79.2 Å². The highest BCUT2D eigenvalue weighted by Gasteiger charge is 2.21. The number of carbonyl (C=O) groups is 1. The molecule has 11 heteroatoms. The van der Waals surface area contributed by atoms with Crippen LogP contribution in [0.3, 0.4) is 0 Å².